The van der Waals surface area contributed by atoms with Gasteiger partial charge in [0.05, 0.1) is 5.69 Å². The lowest BCUT2D eigenvalue weighted by Crippen LogP contribution is -2.36. The molecule has 0 fully saturated rings. The lowest BCUT2D eigenvalue weighted by atomic mass is 9.97. The van der Waals surface area contributed by atoms with Crippen molar-refractivity contribution in [2.45, 2.75) is 45.1 Å². The molecule has 0 saturated carbocycles. The standard InChI is InChI=1S/C20H24N2O3S/c1-15(19(23)21-11-9-16-7-3-2-4-8-16)25-20(24)18-17(10-14-26-18)22-12-5-6-13-22/h5-7,10,12-15H,2-4,8-9,11H2,1H3,(H,21,23). The summed E-state index contributed by atoms with van der Waals surface area (Å²) in [6.07, 6.45) is 10.8. The van der Waals surface area contributed by atoms with Crippen LogP contribution in [-0.2, 0) is 9.53 Å². The quantitative estimate of drug-likeness (QED) is 0.588. The Hall–Kier alpha value is -2.34. The van der Waals surface area contributed by atoms with Crippen molar-refractivity contribution in [2.24, 2.45) is 0 Å². The maximum atomic E-state index is 12.4. The molecule has 1 amide bonds. The highest BCUT2D eigenvalue weighted by atomic mass is 32.1. The Bertz CT molecular complexity index is 777. The van der Waals surface area contributed by atoms with Crippen molar-refractivity contribution in [2.75, 3.05) is 6.54 Å². The van der Waals surface area contributed by atoms with E-state index in [-0.39, 0.29) is 5.91 Å². The zero-order valence-electron chi connectivity index (χ0n) is 14.9. The highest BCUT2D eigenvalue weighted by molar-refractivity contribution is 7.12. The van der Waals surface area contributed by atoms with Gasteiger partial charge in [-0.25, -0.2) is 4.79 Å². The van der Waals surface area contributed by atoms with Gasteiger partial charge in [-0.15, -0.1) is 11.3 Å². The third kappa shape index (κ3) is 4.64. The number of thiophene rings is 1. The Morgan fingerprint density at radius 2 is 2.12 bits per heavy atom. The molecule has 1 unspecified atom stereocenters. The predicted molar refractivity (Wildman–Crippen MR) is 103 cm³/mol. The van der Waals surface area contributed by atoms with E-state index in [1.807, 2.05) is 40.5 Å². The first-order chi connectivity index (χ1) is 12.6. The fraction of sp³-hybridized carbons (Fsp3) is 0.400. The van der Waals surface area contributed by atoms with Gasteiger partial charge in [-0.3, -0.25) is 4.79 Å². The van der Waals surface area contributed by atoms with Gasteiger partial charge in [-0.2, -0.15) is 0 Å². The molecule has 3 rings (SSSR count). The van der Waals surface area contributed by atoms with Crippen LogP contribution < -0.4 is 5.32 Å². The lowest BCUT2D eigenvalue weighted by molar-refractivity contribution is -0.129. The number of allylic oxidation sites excluding steroid dienone is 1. The Morgan fingerprint density at radius 1 is 1.31 bits per heavy atom. The maximum Gasteiger partial charge on any atom is 0.351 e. The summed E-state index contributed by atoms with van der Waals surface area (Å²) in [6.45, 7) is 2.19. The minimum absolute atomic E-state index is 0.256. The number of rotatable bonds is 7. The number of ether oxygens (including phenoxy) is 1. The molecule has 1 aliphatic rings. The highest BCUT2D eigenvalue weighted by Gasteiger charge is 2.22. The molecule has 0 spiro atoms. The maximum absolute atomic E-state index is 12.4. The first-order valence-corrected chi connectivity index (χ1v) is 9.90. The predicted octanol–water partition coefficient (Wildman–Crippen LogP) is 4.09. The zero-order valence-corrected chi connectivity index (χ0v) is 15.8. The highest BCUT2D eigenvalue weighted by Crippen LogP contribution is 2.23. The fourth-order valence-corrected chi connectivity index (χ4v) is 3.81. The van der Waals surface area contributed by atoms with E-state index in [4.69, 9.17) is 4.74 Å². The zero-order chi connectivity index (χ0) is 18.4. The van der Waals surface area contributed by atoms with Crippen molar-refractivity contribution in [3.63, 3.8) is 0 Å². The molecule has 26 heavy (non-hydrogen) atoms. The summed E-state index contributed by atoms with van der Waals surface area (Å²) >= 11 is 1.31. The van der Waals surface area contributed by atoms with Crippen LogP contribution in [0.1, 0.15) is 48.7 Å². The van der Waals surface area contributed by atoms with Crippen molar-refractivity contribution in [1.29, 1.82) is 0 Å². The van der Waals surface area contributed by atoms with Crippen LogP contribution in [0.25, 0.3) is 5.69 Å². The summed E-state index contributed by atoms with van der Waals surface area (Å²) in [5, 5.41) is 4.71. The average molecular weight is 372 g/mol. The summed E-state index contributed by atoms with van der Waals surface area (Å²) in [4.78, 5) is 25.1. The number of carbonyl (C=O) groups excluding carboxylic acids is 2. The largest absolute Gasteiger partial charge is 0.448 e. The molecule has 2 aromatic heterocycles. The molecule has 1 aliphatic carbocycles. The van der Waals surface area contributed by atoms with Gasteiger partial charge in [-0.1, -0.05) is 11.6 Å². The second-order valence-electron chi connectivity index (χ2n) is 6.42. The Morgan fingerprint density at radius 3 is 2.85 bits per heavy atom. The van der Waals surface area contributed by atoms with Crippen molar-refractivity contribution in [1.82, 2.24) is 9.88 Å². The molecule has 1 atom stereocenters. The number of aromatic nitrogens is 1. The van der Waals surface area contributed by atoms with Crippen LogP contribution >= 0.6 is 11.3 Å². The molecule has 0 bridgehead atoms. The second kappa shape index (κ2) is 8.85. The molecule has 1 N–H and O–H groups in total. The number of amides is 1. The minimum atomic E-state index is -0.817. The Balaban J connectivity index is 1.50. The van der Waals surface area contributed by atoms with E-state index in [1.54, 1.807) is 6.92 Å². The van der Waals surface area contributed by atoms with Gasteiger partial charge in [0.15, 0.2) is 6.10 Å². The first-order valence-electron chi connectivity index (χ1n) is 9.02. The molecule has 0 saturated heterocycles. The molecule has 2 heterocycles. The van der Waals surface area contributed by atoms with Crippen LogP contribution in [0.5, 0.6) is 0 Å². The lowest BCUT2D eigenvalue weighted by Gasteiger charge is -2.15. The summed E-state index contributed by atoms with van der Waals surface area (Å²) < 4.78 is 7.23. The number of esters is 1. The Labute approximate surface area is 157 Å². The molecule has 0 radical (unpaired) electrons. The van der Waals surface area contributed by atoms with Crippen molar-refractivity contribution < 1.29 is 14.3 Å². The van der Waals surface area contributed by atoms with E-state index in [1.165, 1.54) is 29.8 Å². The van der Waals surface area contributed by atoms with Crippen LogP contribution in [0, 0.1) is 0 Å². The van der Waals surface area contributed by atoms with Crippen LogP contribution in [-0.4, -0.2) is 29.1 Å². The van der Waals surface area contributed by atoms with Crippen LogP contribution in [0.4, 0.5) is 0 Å². The summed E-state index contributed by atoms with van der Waals surface area (Å²) in [5.41, 5.74) is 2.18. The molecule has 0 aliphatic heterocycles. The van der Waals surface area contributed by atoms with Gasteiger partial charge in [-0.05, 0) is 62.6 Å². The number of hydrogen-bond acceptors (Lipinski definition) is 4. The minimum Gasteiger partial charge on any atom is -0.448 e. The second-order valence-corrected chi connectivity index (χ2v) is 7.34. The number of carbonyl (C=O) groups is 2. The van der Waals surface area contributed by atoms with E-state index in [0.29, 0.717) is 11.4 Å². The normalized spacial score (nSPS) is 15.2. The van der Waals surface area contributed by atoms with E-state index < -0.39 is 12.1 Å². The van der Waals surface area contributed by atoms with Crippen molar-refractivity contribution >= 4 is 23.2 Å². The monoisotopic (exact) mass is 372 g/mol. The third-order valence-electron chi connectivity index (χ3n) is 4.50. The molecule has 0 aromatic carbocycles. The van der Waals surface area contributed by atoms with Gasteiger partial charge in [0.2, 0.25) is 0 Å². The van der Waals surface area contributed by atoms with Gasteiger partial charge in [0, 0.05) is 18.9 Å². The van der Waals surface area contributed by atoms with E-state index >= 15 is 0 Å². The molecule has 5 nitrogen and oxygen atoms in total. The van der Waals surface area contributed by atoms with Gasteiger partial charge in [0.1, 0.15) is 4.88 Å². The first kappa shape index (κ1) is 18.5. The average Bonchev–Trinajstić information content (AvgIpc) is 3.33. The number of nitrogens with one attached hydrogen (secondary N) is 1. The van der Waals surface area contributed by atoms with Crippen LogP contribution in [0.15, 0.2) is 47.6 Å². The SMILES string of the molecule is CC(OC(=O)c1sccc1-n1cccc1)C(=O)NCCC1=CCCCC1. The van der Waals surface area contributed by atoms with Gasteiger partial charge in [0.25, 0.3) is 5.91 Å². The van der Waals surface area contributed by atoms with Crippen molar-refractivity contribution in [3.05, 3.63) is 52.5 Å². The molecular formula is C20H24N2O3S. The summed E-state index contributed by atoms with van der Waals surface area (Å²) in [6, 6.07) is 5.65. The van der Waals surface area contributed by atoms with Crippen LogP contribution in [0.2, 0.25) is 0 Å². The third-order valence-corrected chi connectivity index (χ3v) is 5.38. The number of hydrogen-bond donors (Lipinski definition) is 1. The van der Waals surface area contributed by atoms with E-state index in [2.05, 4.69) is 11.4 Å². The molecule has 2 aromatic rings. The molecule has 6 heteroatoms. The van der Waals surface area contributed by atoms with E-state index in [0.717, 1.165) is 24.9 Å². The summed E-state index contributed by atoms with van der Waals surface area (Å²) in [5.74, 6) is -0.727. The number of nitrogens with zero attached hydrogens (tertiary/aromatic N) is 1. The fourth-order valence-electron chi connectivity index (χ4n) is 3.04. The van der Waals surface area contributed by atoms with Crippen LogP contribution in [0.3, 0.4) is 0 Å². The van der Waals surface area contributed by atoms with Crippen molar-refractivity contribution in [3.8, 4) is 5.69 Å². The molecule has 138 valence electrons. The summed E-state index contributed by atoms with van der Waals surface area (Å²) in [7, 11) is 0. The molecular weight excluding hydrogens is 348 g/mol. The smallest absolute Gasteiger partial charge is 0.351 e. The van der Waals surface area contributed by atoms with Gasteiger partial charge >= 0.3 is 5.97 Å². The van der Waals surface area contributed by atoms with E-state index in [9.17, 15) is 9.59 Å². The van der Waals surface area contributed by atoms with Gasteiger partial charge < -0.3 is 14.6 Å². The topological polar surface area (TPSA) is 60.3 Å². The Kier molecular flexibility index (Phi) is 6.28.